The van der Waals surface area contributed by atoms with Crippen molar-refractivity contribution < 1.29 is 14.6 Å². The van der Waals surface area contributed by atoms with Gasteiger partial charge in [0.2, 0.25) is 0 Å². The van der Waals surface area contributed by atoms with Crippen LogP contribution in [-0.4, -0.2) is 18.3 Å². The molecule has 0 aliphatic rings. The van der Waals surface area contributed by atoms with Crippen LogP contribution in [-0.2, 0) is 0 Å². The van der Waals surface area contributed by atoms with Gasteiger partial charge in [-0.3, -0.25) is 5.32 Å². The molecule has 76 valence electrons. The average Bonchev–Trinajstić information content (AvgIpc) is 2.11. The maximum absolute atomic E-state index is 10.5. The normalized spacial score (nSPS) is 9.64. The number of aryl methyl sites for hydroxylation is 1. The number of ether oxygens (including phenoxy) is 1. The fourth-order valence-electron chi connectivity index (χ4n) is 1.06. The molecule has 2 N–H and O–H groups in total. The van der Waals surface area contributed by atoms with E-state index in [9.17, 15) is 4.79 Å². The fraction of sp³-hybridized carbons (Fsp3) is 0.222. The van der Waals surface area contributed by atoms with Crippen molar-refractivity contribution in [2.75, 3.05) is 12.4 Å². The van der Waals surface area contributed by atoms with Crippen molar-refractivity contribution in [1.82, 2.24) is 0 Å². The zero-order valence-corrected chi connectivity index (χ0v) is 9.38. The fourth-order valence-corrected chi connectivity index (χ4v) is 1.39. The Labute approximate surface area is 90.0 Å². The Bertz CT molecular complexity index is 365. The third-order valence-corrected chi connectivity index (χ3v) is 2.76. The van der Waals surface area contributed by atoms with E-state index in [1.165, 1.54) is 7.11 Å². The van der Waals surface area contributed by atoms with Crippen LogP contribution in [0.4, 0.5) is 10.5 Å². The molecule has 0 fully saturated rings. The molecule has 1 rings (SSSR count). The summed E-state index contributed by atoms with van der Waals surface area (Å²) in [6, 6.07) is 3.43. The van der Waals surface area contributed by atoms with E-state index < -0.39 is 6.09 Å². The second-order valence-corrected chi connectivity index (χ2v) is 3.53. The van der Waals surface area contributed by atoms with E-state index in [-0.39, 0.29) is 0 Å². The van der Waals surface area contributed by atoms with Gasteiger partial charge >= 0.3 is 6.09 Å². The first-order valence-electron chi connectivity index (χ1n) is 3.88. The Morgan fingerprint density at radius 1 is 1.57 bits per heavy atom. The highest BCUT2D eigenvalue weighted by molar-refractivity contribution is 9.10. The van der Waals surface area contributed by atoms with Gasteiger partial charge in [-0.1, -0.05) is 0 Å². The summed E-state index contributed by atoms with van der Waals surface area (Å²) >= 11 is 3.29. The van der Waals surface area contributed by atoms with Gasteiger partial charge in [0.1, 0.15) is 5.75 Å². The first-order valence-corrected chi connectivity index (χ1v) is 4.68. The highest BCUT2D eigenvalue weighted by Crippen LogP contribution is 2.30. The Kier molecular flexibility index (Phi) is 3.35. The molecule has 0 aromatic heterocycles. The van der Waals surface area contributed by atoms with Gasteiger partial charge in [0.05, 0.1) is 12.8 Å². The van der Waals surface area contributed by atoms with Crippen LogP contribution in [0.1, 0.15) is 5.56 Å². The number of amides is 1. The number of methoxy groups -OCH3 is 1. The molecular formula is C9H10BrNO3. The molecule has 5 heteroatoms. The standard InChI is InChI=1S/C9H10BrNO3/c1-5-3-6(14-2)4-7(8(5)10)11-9(12)13/h3-4,11H,1-2H3,(H,12,13). The predicted octanol–water partition coefficient (Wildman–Crippen LogP) is 2.86. The van der Waals surface area contributed by atoms with Crippen molar-refractivity contribution in [2.45, 2.75) is 6.92 Å². The number of halogens is 1. The second-order valence-electron chi connectivity index (χ2n) is 2.74. The molecule has 1 aromatic rings. The molecule has 0 saturated heterocycles. The molecule has 4 nitrogen and oxygen atoms in total. The molecule has 1 amide bonds. The lowest BCUT2D eigenvalue weighted by atomic mass is 10.2. The summed E-state index contributed by atoms with van der Waals surface area (Å²) in [6.07, 6.45) is -1.10. The lowest BCUT2D eigenvalue weighted by Gasteiger charge is -2.09. The Balaban J connectivity index is 3.13. The Hall–Kier alpha value is -1.23. The van der Waals surface area contributed by atoms with Crippen molar-refractivity contribution in [3.05, 3.63) is 22.2 Å². The molecule has 1 aromatic carbocycles. The molecule has 0 spiro atoms. The van der Waals surface area contributed by atoms with E-state index >= 15 is 0 Å². The number of rotatable bonds is 2. The van der Waals surface area contributed by atoms with Crippen molar-refractivity contribution in [1.29, 1.82) is 0 Å². The van der Waals surface area contributed by atoms with Gasteiger partial charge in [-0.2, -0.15) is 0 Å². The number of carboxylic acid groups (broad SMARTS) is 1. The van der Waals surface area contributed by atoms with Gasteiger partial charge in [0.15, 0.2) is 0 Å². The maximum Gasteiger partial charge on any atom is 0.409 e. The van der Waals surface area contributed by atoms with Crippen LogP contribution in [0.15, 0.2) is 16.6 Å². The first kappa shape index (κ1) is 10.8. The number of anilines is 1. The zero-order chi connectivity index (χ0) is 10.7. The van der Waals surface area contributed by atoms with E-state index in [1.807, 2.05) is 13.0 Å². The van der Waals surface area contributed by atoms with Gasteiger partial charge < -0.3 is 9.84 Å². The summed E-state index contributed by atoms with van der Waals surface area (Å²) in [5, 5.41) is 10.9. The largest absolute Gasteiger partial charge is 0.497 e. The topological polar surface area (TPSA) is 58.6 Å². The average molecular weight is 260 g/mol. The number of benzene rings is 1. The predicted molar refractivity (Wildman–Crippen MR) is 57.1 cm³/mol. The summed E-state index contributed by atoms with van der Waals surface area (Å²) < 4.78 is 5.74. The van der Waals surface area contributed by atoms with Gasteiger partial charge in [0, 0.05) is 10.5 Å². The van der Waals surface area contributed by atoms with Crippen molar-refractivity contribution in [3.63, 3.8) is 0 Å². The molecule has 14 heavy (non-hydrogen) atoms. The molecule has 0 heterocycles. The van der Waals surface area contributed by atoms with E-state index in [0.717, 1.165) is 10.0 Å². The molecule has 0 unspecified atom stereocenters. The van der Waals surface area contributed by atoms with Crippen molar-refractivity contribution in [2.24, 2.45) is 0 Å². The summed E-state index contributed by atoms with van der Waals surface area (Å²) in [4.78, 5) is 10.5. The molecule has 0 atom stereocenters. The summed E-state index contributed by atoms with van der Waals surface area (Å²) in [7, 11) is 1.53. The summed E-state index contributed by atoms with van der Waals surface area (Å²) in [6.45, 7) is 1.86. The smallest absolute Gasteiger partial charge is 0.409 e. The number of nitrogens with one attached hydrogen (secondary N) is 1. The van der Waals surface area contributed by atoms with Gasteiger partial charge in [0.25, 0.3) is 0 Å². The van der Waals surface area contributed by atoms with Crippen molar-refractivity contribution in [3.8, 4) is 5.75 Å². The number of hydrogen-bond acceptors (Lipinski definition) is 2. The summed E-state index contributed by atoms with van der Waals surface area (Å²) in [5.74, 6) is 0.620. The molecule has 0 aliphatic heterocycles. The zero-order valence-electron chi connectivity index (χ0n) is 7.80. The minimum Gasteiger partial charge on any atom is -0.497 e. The maximum atomic E-state index is 10.5. The lowest BCUT2D eigenvalue weighted by Crippen LogP contribution is -2.08. The molecule has 0 aliphatic carbocycles. The van der Waals surface area contributed by atoms with Crippen LogP contribution in [0.25, 0.3) is 0 Å². The lowest BCUT2D eigenvalue weighted by molar-refractivity contribution is 0.209. The third-order valence-electron chi connectivity index (χ3n) is 1.71. The van der Waals surface area contributed by atoms with Crippen LogP contribution in [0.2, 0.25) is 0 Å². The van der Waals surface area contributed by atoms with Crippen LogP contribution in [0, 0.1) is 6.92 Å². The second kappa shape index (κ2) is 4.32. The SMILES string of the molecule is COc1cc(C)c(Br)c(NC(=O)O)c1. The van der Waals surface area contributed by atoms with Gasteiger partial charge in [-0.05, 0) is 34.5 Å². The van der Waals surface area contributed by atoms with Crippen LogP contribution >= 0.6 is 15.9 Å². The van der Waals surface area contributed by atoms with Crippen molar-refractivity contribution >= 4 is 27.7 Å². The molecule has 0 radical (unpaired) electrons. The van der Waals surface area contributed by atoms with E-state index in [2.05, 4.69) is 21.2 Å². The highest BCUT2D eigenvalue weighted by atomic mass is 79.9. The Morgan fingerprint density at radius 2 is 2.21 bits per heavy atom. The highest BCUT2D eigenvalue weighted by Gasteiger charge is 2.08. The van der Waals surface area contributed by atoms with Gasteiger partial charge in [-0.15, -0.1) is 0 Å². The third kappa shape index (κ3) is 2.38. The van der Waals surface area contributed by atoms with Gasteiger partial charge in [-0.25, -0.2) is 4.79 Å². The van der Waals surface area contributed by atoms with Crippen LogP contribution in [0.3, 0.4) is 0 Å². The number of carbonyl (C=O) groups is 1. The van der Waals surface area contributed by atoms with E-state index in [1.54, 1.807) is 6.07 Å². The summed E-state index contributed by atoms with van der Waals surface area (Å²) in [5.41, 5.74) is 1.39. The van der Waals surface area contributed by atoms with E-state index in [4.69, 9.17) is 9.84 Å². The number of hydrogen-bond donors (Lipinski definition) is 2. The Morgan fingerprint density at radius 3 is 2.71 bits per heavy atom. The first-order chi connectivity index (χ1) is 6.54. The monoisotopic (exact) mass is 259 g/mol. The minimum absolute atomic E-state index is 0.481. The quantitative estimate of drug-likeness (QED) is 0.859. The van der Waals surface area contributed by atoms with Crippen LogP contribution < -0.4 is 10.1 Å². The molecular weight excluding hydrogens is 250 g/mol. The molecule has 0 saturated carbocycles. The van der Waals surface area contributed by atoms with Crippen LogP contribution in [0.5, 0.6) is 5.75 Å². The van der Waals surface area contributed by atoms with E-state index in [0.29, 0.717) is 11.4 Å². The molecule has 0 bridgehead atoms. The minimum atomic E-state index is -1.10.